The Balaban J connectivity index is 1.59. The molecule has 0 saturated carbocycles. The third-order valence-electron chi connectivity index (χ3n) is 5.94. The molecule has 6 heteroatoms. The zero-order chi connectivity index (χ0) is 23.9. The van der Waals surface area contributed by atoms with Crippen LogP contribution in [0.3, 0.4) is 0 Å². The number of likely N-dealkylation sites (N-methyl/N-ethyl adjacent to an activating group) is 1. The summed E-state index contributed by atoms with van der Waals surface area (Å²) in [7, 11) is 0. The Morgan fingerprint density at radius 3 is 2.26 bits per heavy atom. The molecule has 1 aromatic heterocycles. The van der Waals surface area contributed by atoms with Crippen molar-refractivity contribution in [2.24, 2.45) is 0 Å². The van der Waals surface area contributed by atoms with E-state index in [1.165, 1.54) is 5.56 Å². The van der Waals surface area contributed by atoms with Crippen LogP contribution in [0, 0.1) is 0 Å². The molecule has 0 radical (unpaired) electrons. The summed E-state index contributed by atoms with van der Waals surface area (Å²) in [5.41, 5.74) is 2.83. The van der Waals surface area contributed by atoms with Crippen molar-refractivity contribution in [3.05, 3.63) is 83.9 Å². The molecular formula is C28H31N3O2S. The molecule has 34 heavy (non-hydrogen) atoms. The normalized spacial score (nSPS) is 11.2. The summed E-state index contributed by atoms with van der Waals surface area (Å²) < 4.78 is 7.00. The summed E-state index contributed by atoms with van der Waals surface area (Å²) in [6, 6.07) is 23.3. The number of anilines is 1. The molecule has 1 amide bonds. The van der Waals surface area contributed by atoms with Crippen LogP contribution in [0.4, 0.5) is 5.13 Å². The largest absolute Gasteiger partial charge is 0.457 e. The van der Waals surface area contributed by atoms with Crippen LogP contribution in [0.5, 0.6) is 11.5 Å². The number of para-hydroxylation sites is 1. The lowest BCUT2D eigenvalue weighted by molar-refractivity contribution is 0.0984. The Morgan fingerprint density at radius 1 is 0.882 bits per heavy atom. The first-order valence-electron chi connectivity index (χ1n) is 11.9. The molecule has 0 saturated heterocycles. The van der Waals surface area contributed by atoms with Crippen LogP contribution in [0.2, 0.25) is 0 Å². The summed E-state index contributed by atoms with van der Waals surface area (Å²) in [5, 5.41) is 0.741. The highest BCUT2D eigenvalue weighted by molar-refractivity contribution is 7.22. The Labute approximate surface area is 205 Å². The number of benzene rings is 3. The summed E-state index contributed by atoms with van der Waals surface area (Å²) in [5.74, 6) is 1.42. The van der Waals surface area contributed by atoms with Crippen molar-refractivity contribution >= 4 is 32.6 Å². The van der Waals surface area contributed by atoms with Gasteiger partial charge in [0, 0.05) is 18.7 Å². The number of nitrogens with zero attached hydrogens (tertiary/aromatic N) is 3. The molecule has 0 bridgehead atoms. The van der Waals surface area contributed by atoms with E-state index in [2.05, 4.69) is 43.9 Å². The number of thiazole rings is 1. The summed E-state index contributed by atoms with van der Waals surface area (Å²) in [6.45, 7) is 9.71. The van der Waals surface area contributed by atoms with Crippen LogP contribution in [0.1, 0.15) is 36.7 Å². The fraction of sp³-hybridized carbons (Fsp3) is 0.286. The molecule has 4 rings (SSSR count). The van der Waals surface area contributed by atoms with Gasteiger partial charge in [0.1, 0.15) is 11.5 Å². The molecule has 0 unspecified atom stereocenters. The molecule has 0 N–H and O–H groups in total. The molecule has 176 valence electrons. The first kappa shape index (κ1) is 23.9. The molecule has 0 aliphatic rings. The Kier molecular flexibility index (Phi) is 7.93. The SMILES string of the molecule is CCc1ccc2nc(N(CCN(CC)CC)C(=O)c3ccc(Oc4ccccc4)cc3)sc2c1. The van der Waals surface area contributed by atoms with Crippen LogP contribution in [-0.2, 0) is 6.42 Å². The van der Waals surface area contributed by atoms with E-state index >= 15 is 0 Å². The first-order valence-corrected chi connectivity index (χ1v) is 12.7. The standard InChI is InChI=1S/C28H31N3O2S/c1-4-21-12-17-25-26(20-21)34-28(29-25)31(19-18-30(5-2)6-3)27(32)22-13-15-24(16-14-22)33-23-10-8-7-9-11-23/h7-17,20H,4-6,18-19H2,1-3H3. The lowest BCUT2D eigenvalue weighted by Gasteiger charge is -2.24. The van der Waals surface area contributed by atoms with E-state index in [9.17, 15) is 4.79 Å². The highest BCUT2D eigenvalue weighted by Gasteiger charge is 2.22. The lowest BCUT2D eigenvalue weighted by atomic mass is 10.2. The van der Waals surface area contributed by atoms with Crippen molar-refractivity contribution in [1.82, 2.24) is 9.88 Å². The molecule has 3 aromatic carbocycles. The van der Waals surface area contributed by atoms with Crippen molar-refractivity contribution in [3.63, 3.8) is 0 Å². The van der Waals surface area contributed by atoms with Crippen molar-refractivity contribution in [2.45, 2.75) is 27.2 Å². The quantitative estimate of drug-likeness (QED) is 0.259. The molecule has 0 aliphatic carbocycles. The average Bonchev–Trinajstić information content (AvgIpc) is 3.30. The number of hydrogen-bond donors (Lipinski definition) is 0. The molecule has 5 nitrogen and oxygen atoms in total. The van der Waals surface area contributed by atoms with Crippen molar-refractivity contribution < 1.29 is 9.53 Å². The molecule has 0 spiro atoms. The lowest BCUT2D eigenvalue weighted by Crippen LogP contribution is -2.38. The van der Waals surface area contributed by atoms with Gasteiger partial charge in [0.05, 0.1) is 10.2 Å². The summed E-state index contributed by atoms with van der Waals surface area (Å²) in [4.78, 5) is 22.6. The van der Waals surface area contributed by atoms with Gasteiger partial charge in [-0.05, 0) is 73.6 Å². The van der Waals surface area contributed by atoms with E-state index in [1.807, 2.05) is 59.5 Å². The van der Waals surface area contributed by atoms with Gasteiger partial charge in [-0.1, -0.05) is 56.4 Å². The molecule has 0 atom stereocenters. The number of carbonyl (C=O) groups is 1. The van der Waals surface area contributed by atoms with Crippen molar-refractivity contribution in [2.75, 3.05) is 31.1 Å². The number of aryl methyl sites for hydroxylation is 1. The summed E-state index contributed by atoms with van der Waals surface area (Å²) >= 11 is 1.58. The second-order valence-electron chi connectivity index (χ2n) is 8.08. The van der Waals surface area contributed by atoms with E-state index in [0.717, 1.165) is 47.2 Å². The fourth-order valence-corrected chi connectivity index (χ4v) is 4.86. The molecular weight excluding hydrogens is 442 g/mol. The number of ether oxygens (including phenoxy) is 1. The van der Waals surface area contributed by atoms with E-state index in [0.29, 0.717) is 17.9 Å². The average molecular weight is 474 g/mol. The molecule has 1 heterocycles. The predicted octanol–water partition coefficient (Wildman–Crippen LogP) is 6.64. The minimum Gasteiger partial charge on any atom is -0.457 e. The van der Waals surface area contributed by atoms with Gasteiger partial charge < -0.3 is 9.64 Å². The van der Waals surface area contributed by atoms with Crippen LogP contribution < -0.4 is 9.64 Å². The van der Waals surface area contributed by atoms with Gasteiger partial charge in [0.2, 0.25) is 0 Å². The zero-order valence-corrected chi connectivity index (χ0v) is 20.8. The van der Waals surface area contributed by atoms with Gasteiger partial charge in [-0.15, -0.1) is 0 Å². The van der Waals surface area contributed by atoms with Crippen LogP contribution in [-0.4, -0.2) is 42.0 Å². The van der Waals surface area contributed by atoms with Crippen LogP contribution in [0.15, 0.2) is 72.8 Å². The minimum absolute atomic E-state index is 0.0480. The fourth-order valence-electron chi connectivity index (χ4n) is 3.80. The van der Waals surface area contributed by atoms with Crippen LogP contribution >= 0.6 is 11.3 Å². The number of carbonyl (C=O) groups excluding carboxylic acids is 1. The third-order valence-corrected chi connectivity index (χ3v) is 6.98. The molecule has 4 aromatic rings. The maximum Gasteiger partial charge on any atom is 0.260 e. The maximum absolute atomic E-state index is 13.6. The second kappa shape index (κ2) is 11.3. The van der Waals surface area contributed by atoms with Crippen molar-refractivity contribution in [1.29, 1.82) is 0 Å². The number of amides is 1. The molecule has 0 fully saturated rings. The van der Waals surface area contributed by atoms with E-state index < -0.39 is 0 Å². The smallest absolute Gasteiger partial charge is 0.260 e. The topological polar surface area (TPSA) is 45.7 Å². The first-order chi connectivity index (χ1) is 16.6. The van der Waals surface area contributed by atoms with Crippen molar-refractivity contribution in [3.8, 4) is 11.5 Å². The van der Waals surface area contributed by atoms with Gasteiger partial charge in [-0.25, -0.2) is 4.98 Å². The van der Waals surface area contributed by atoms with Gasteiger partial charge in [0.25, 0.3) is 5.91 Å². The minimum atomic E-state index is -0.0480. The number of hydrogen-bond acceptors (Lipinski definition) is 5. The highest BCUT2D eigenvalue weighted by atomic mass is 32.1. The number of fused-ring (bicyclic) bond motifs is 1. The van der Waals surface area contributed by atoms with Gasteiger partial charge in [-0.3, -0.25) is 9.69 Å². The number of rotatable bonds is 10. The van der Waals surface area contributed by atoms with Crippen LogP contribution in [0.25, 0.3) is 10.2 Å². The molecule has 0 aliphatic heterocycles. The monoisotopic (exact) mass is 473 g/mol. The zero-order valence-electron chi connectivity index (χ0n) is 20.0. The second-order valence-corrected chi connectivity index (χ2v) is 9.08. The van der Waals surface area contributed by atoms with Gasteiger partial charge in [0.15, 0.2) is 5.13 Å². The maximum atomic E-state index is 13.6. The Hall–Kier alpha value is -3.22. The predicted molar refractivity (Wildman–Crippen MR) is 141 cm³/mol. The Bertz CT molecular complexity index is 1220. The Morgan fingerprint density at radius 2 is 1.59 bits per heavy atom. The summed E-state index contributed by atoms with van der Waals surface area (Å²) in [6.07, 6.45) is 0.977. The third kappa shape index (κ3) is 5.64. The van der Waals surface area contributed by atoms with Gasteiger partial charge in [-0.2, -0.15) is 0 Å². The van der Waals surface area contributed by atoms with E-state index in [-0.39, 0.29) is 5.91 Å². The van der Waals surface area contributed by atoms with E-state index in [4.69, 9.17) is 9.72 Å². The number of aromatic nitrogens is 1. The highest BCUT2D eigenvalue weighted by Crippen LogP contribution is 2.31. The van der Waals surface area contributed by atoms with E-state index in [1.54, 1.807) is 11.3 Å². The van der Waals surface area contributed by atoms with Gasteiger partial charge >= 0.3 is 0 Å².